The number of carbonyl (C=O) groups excluding carboxylic acids is 1. The van der Waals surface area contributed by atoms with Crippen LogP contribution in [0, 0.1) is 11.8 Å². The molecule has 0 bridgehead atoms. The van der Waals surface area contributed by atoms with Gasteiger partial charge in [0.15, 0.2) is 11.5 Å². The van der Waals surface area contributed by atoms with E-state index in [0.29, 0.717) is 42.0 Å². The van der Waals surface area contributed by atoms with Gasteiger partial charge in [0.2, 0.25) is 0 Å². The standard InChI is InChI=1S/C36H43N3O4S/c1-6-43-36(40)34-28(21-39-18-23(2)16-24(3)19-39)37-35-33(32(34)26-12-13-29(41-4)30(17-26)42-5)27-14-15-38(22-31(27)44-35)20-25-10-8-7-9-11-25/h7-13,17,23-24H,6,14-16,18-22H2,1-5H3. The number of ether oxygens (including phenoxy) is 3. The molecule has 8 heteroatoms. The number of esters is 1. The molecule has 1 fully saturated rings. The van der Waals surface area contributed by atoms with E-state index in [9.17, 15) is 4.79 Å². The highest BCUT2D eigenvalue weighted by molar-refractivity contribution is 7.19. The van der Waals surface area contributed by atoms with Crippen LogP contribution in [-0.4, -0.2) is 61.2 Å². The monoisotopic (exact) mass is 613 g/mol. The molecule has 2 aliphatic rings. The molecule has 2 aliphatic heterocycles. The predicted molar refractivity (Wildman–Crippen MR) is 177 cm³/mol. The van der Waals surface area contributed by atoms with Gasteiger partial charge in [0.1, 0.15) is 4.83 Å². The number of nitrogens with zero attached hydrogens (tertiary/aromatic N) is 3. The third kappa shape index (κ3) is 6.21. The highest BCUT2D eigenvalue weighted by Crippen LogP contribution is 2.45. The lowest BCUT2D eigenvalue weighted by molar-refractivity contribution is 0.0523. The van der Waals surface area contributed by atoms with Crippen LogP contribution in [0.5, 0.6) is 11.5 Å². The number of hydrogen-bond acceptors (Lipinski definition) is 8. The Labute approximate surface area is 264 Å². The number of methoxy groups -OCH3 is 2. The molecule has 2 aromatic heterocycles. The van der Waals surface area contributed by atoms with Gasteiger partial charge in [-0.15, -0.1) is 11.3 Å². The minimum atomic E-state index is -0.318. The van der Waals surface area contributed by atoms with Crippen LogP contribution >= 0.6 is 11.3 Å². The number of pyridine rings is 1. The molecule has 0 N–H and O–H groups in total. The molecule has 232 valence electrons. The Morgan fingerprint density at radius 2 is 1.73 bits per heavy atom. The number of aromatic nitrogens is 1. The van der Waals surface area contributed by atoms with Crippen LogP contribution < -0.4 is 9.47 Å². The topological polar surface area (TPSA) is 64.1 Å². The molecule has 2 atom stereocenters. The van der Waals surface area contributed by atoms with Crippen LogP contribution in [0.15, 0.2) is 48.5 Å². The van der Waals surface area contributed by atoms with Crippen molar-refractivity contribution in [2.24, 2.45) is 11.8 Å². The molecule has 0 aliphatic carbocycles. The van der Waals surface area contributed by atoms with E-state index in [4.69, 9.17) is 19.2 Å². The highest BCUT2D eigenvalue weighted by atomic mass is 32.1. The third-order valence-electron chi connectivity index (χ3n) is 8.86. The van der Waals surface area contributed by atoms with Gasteiger partial charge in [-0.25, -0.2) is 9.78 Å². The van der Waals surface area contributed by atoms with Gasteiger partial charge in [-0.05, 0) is 60.4 Å². The summed E-state index contributed by atoms with van der Waals surface area (Å²) in [5.41, 5.74) is 5.79. The summed E-state index contributed by atoms with van der Waals surface area (Å²) < 4.78 is 17.1. The minimum absolute atomic E-state index is 0.301. The van der Waals surface area contributed by atoms with Crippen molar-refractivity contribution >= 4 is 27.5 Å². The third-order valence-corrected chi connectivity index (χ3v) is 9.97. The molecule has 0 spiro atoms. The van der Waals surface area contributed by atoms with Crippen molar-refractivity contribution < 1.29 is 19.0 Å². The second kappa shape index (κ2) is 13.3. The van der Waals surface area contributed by atoms with Crippen molar-refractivity contribution in [1.82, 2.24) is 14.8 Å². The number of piperidine rings is 1. The largest absolute Gasteiger partial charge is 0.493 e. The number of carbonyl (C=O) groups is 1. The van der Waals surface area contributed by atoms with Gasteiger partial charge in [-0.2, -0.15) is 0 Å². The average molecular weight is 614 g/mol. The lowest BCUT2D eigenvalue weighted by Gasteiger charge is -2.35. The average Bonchev–Trinajstić information content (AvgIpc) is 3.37. The fraction of sp³-hybridized carbons (Fsp3) is 0.444. The lowest BCUT2D eigenvalue weighted by Crippen LogP contribution is -2.38. The van der Waals surface area contributed by atoms with Crippen molar-refractivity contribution in [1.29, 1.82) is 0 Å². The predicted octanol–water partition coefficient (Wildman–Crippen LogP) is 7.19. The summed E-state index contributed by atoms with van der Waals surface area (Å²) in [6, 6.07) is 16.6. The van der Waals surface area contributed by atoms with Crippen molar-refractivity contribution in [3.8, 4) is 22.6 Å². The van der Waals surface area contributed by atoms with Crippen LogP contribution in [0.2, 0.25) is 0 Å². The molecule has 44 heavy (non-hydrogen) atoms. The number of likely N-dealkylation sites (tertiary alicyclic amines) is 1. The molecule has 2 aromatic carbocycles. The maximum Gasteiger partial charge on any atom is 0.340 e. The van der Waals surface area contributed by atoms with E-state index < -0.39 is 0 Å². The first-order valence-electron chi connectivity index (χ1n) is 15.7. The first kappa shape index (κ1) is 30.6. The van der Waals surface area contributed by atoms with Crippen molar-refractivity contribution in [2.45, 2.75) is 53.2 Å². The maximum atomic E-state index is 14.0. The zero-order chi connectivity index (χ0) is 30.8. The van der Waals surface area contributed by atoms with Crippen LogP contribution in [0.1, 0.15) is 59.2 Å². The van der Waals surface area contributed by atoms with E-state index in [-0.39, 0.29) is 5.97 Å². The van der Waals surface area contributed by atoms with Crippen LogP contribution in [0.4, 0.5) is 0 Å². The summed E-state index contributed by atoms with van der Waals surface area (Å²) in [5, 5.41) is 1.07. The summed E-state index contributed by atoms with van der Waals surface area (Å²) in [6.45, 7) is 12.1. The van der Waals surface area contributed by atoms with Gasteiger partial charge in [-0.3, -0.25) is 9.80 Å². The van der Waals surface area contributed by atoms with E-state index >= 15 is 0 Å². The number of fused-ring (bicyclic) bond motifs is 3. The van der Waals surface area contributed by atoms with E-state index in [0.717, 1.165) is 66.2 Å². The molecule has 0 saturated carbocycles. The molecule has 7 nitrogen and oxygen atoms in total. The second-order valence-corrected chi connectivity index (χ2v) is 13.5. The van der Waals surface area contributed by atoms with Gasteiger partial charge >= 0.3 is 5.97 Å². The quantitative estimate of drug-likeness (QED) is 0.185. The Hall–Kier alpha value is -3.46. The van der Waals surface area contributed by atoms with Crippen LogP contribution in [0.25, 0.3) is 21.3 Å². The molecule has 2 unspecified atom stereocenters. The van der Waals surface area contributed by atoms with Crippen molar-refractivity contribution in [3.05, 3.63) is 75.8 Å². The van der Waals surface area contributed by atoms with Gasteiger partial charge < -0.3 is 14.2 Å². The lowest BCUT2D eigenvalue weighted by atomic mass is 9.90. The Bertz CT molecular complexity index is 1630. The molecule has 0 radical (unpaired) electrons. The van der Waals surface area contributed by atoms with E-state index in [1.54, 1.807) is 25.6 Å². The van der Waals surface area contributed by atoms with Gasteiger partial charge in [-0.1, -0.05) is 50.2 Å². The van der Waals surface area contributed by atoms with Gasteiger partial charge in [0.05, 0.1) is 32.1 Å². The number of thiophene rings is 1. The van der Waals surface area contributed by atoms with Crippen molar-refractivity contribution in [3.63, 3.8) is 0 Å². The smallest absolute Gasteiger partial charge is 0.340 e. The number of hydrogen-bond donors (Lipinski definition) is 0. The first-order chi connectivity index (χ1) is 21.4. The number of benzene rings is 2. The molecular weight excluding hydrogens is 570 g/mol. The summed E-state index contributed by atoms with van der Waals surface area (Å²) in [5.74, 6) is 2.16. The molecule has 4 aromatic rings. The summed E-state index contributed by atoms with van der Waals surface area (Å²) >= 11 is 1.77. The Balaban J connectivity index is 1.52. The number of rotatable bonds is 9. The summed E-state index contributed by atoms with van der Waals surface area (Å²) in [7, 11) is 3.29. The van der Waals surface area contributed by atoms with Crippen LogP contribution in [-0.2, 0) is 30.8 Å². The van der Waals surface area contributed by atoms with Gasteiger partial charge in [0, 0.05) is 55.1 Å². The van der Waals surface area contributed by atoms with Gasteiger partial charge in [0.25, 0.3) is 0 Å². The minimum Gasteiger partial charge on any atom is -0.493 e. The molecule has 0 amide bonds. The van der Waals surface area contributed by atoms with Crippen molar-refractivity contribution in [2.75, 3.05) is 40.5 Å². The molecule has 6 rings (SSSR count). The molecule has 4 heterocycles. The van der Waals surface area contributed by atoms with E-state index in [2.05, 4.69) is 54.0 Å². The first-order valence-corrected chi connectivity index (χ1v) is 16.5. The second-order valence-electron chi connectivity index (χ2n) is 12.4. The van der Waals surface area contributed by atoms with E-state index in [1.165, 1.54) is 22.4 Å². The molecule has 1 saturated heterocycles. The fourth-order valence-corrected chi connectivity index (χ4v) is 8.44. The highest BCUT2D eigenvalue weighted by Gasteiger charge is 2.32. The SMILES string of the molecule is CCOC(=O)c1c(CN2CC(C)CC(C)C2)nc2sc3c(c2c1-c1ccc(OC)c(OC)c1)CCN(Cc1ccccc1)C3. The Morgan fingerprint density at radius 1 is 0.977 bits per heavy atom. The zero-order valence-electron chi connectivity index (χ0n) is 26.5. The Morgan fingerprint density at radius 3 is 2.43 bits per heavy atom. The Kier molecular flexibility index (Phi) is 9.21. The van der Waals surface area contributed by atoms with Crippen LogP contribution in [0.3, 0.4) is 0 Å². The summed E-state index contributed by atoms with van der Waals surface area (Å²) in [6.07, 6.45) is 2.12. The normalized spacial score (nSPS) is 19.1. The summed E-state index contributed by atoms with van der Waals surface area (Å²) in [4.78, 5) is 26.5. The van der Waals surface area contributed by atoms with E-state index in [1.807, 2.05) is 25.1 Å². The zero-order valence-corrected chi connectivity index (χ0v) is 27.3. The fourth-order valence-electron chi connectivity index (χ4n) is 7.15. The molecular formula is C36H43N3O4S. The maximum absolute atomic E-state index is 14.0.